The zero-order valence-electron chi connectivity index (χ0n) is 44.3. The van der Waals surface area contributed by atoms with Gasteiger partial charge in [0, 0.05) is 62.9 Å². The summed E-state index contributed by atoms with van der Waals surface area (Å²) in [6.45, 7) is 3.07. The zero-order valence-corrected chi connectivity index (χ0v) is 44.3. The van der Waals surface area contributed by atoms with E-state index in [9.17, 15) is 56.3 Å². The summed E-state index contributed by atoms with van der Waals surface area (Å²) in [4.78, 5) is 139. The van der Waals surface area contributed by atoms with Crippen LogP contribution >= 0.6 is 0 Å². The molecular formula is C53H70F3N13O11. The number of aliphatic carboxylic acids is 1. The monoisotopic (exact) mass is 1120 g/mol. The number of para-hydroxylation sites is 1. The molecule has 24 nitrogen and oxygen atoms in total. The van der Waals surface area contributed by atoms with Crippen LogP contribution in [0.3, 0.4) is 0 Å². The zero-order chi connectivity index (χ0) is 58.9. The Balaban J connectivity index is 0.00000184. The number of alkyl halides is 3. The van der Waals surface area contributed by atoms with Gasteiger partial charge in [0.2, 0.25) is 53.2 Å². The van der Waals surface area contributed by atoms with Crippen LogP contribution in [0, 0.1) is 0 Å². The third-order valence-electron chi connectivity index (χ3n) is 12.6. The molecule has 0 saturated carbocycles. The molecule has 6 atom stereocenters. The molecule has 0 aliphatic carbocycles. The van der Waals surface area contributed by atoms with Crippen molar-refractivity contribution in [3.05, 3.63) is 84.1 Å². The fourth-order valence-corrected chi connectivity index (χ4v) is 8.47. The second kappa shape index (κ2) is 31.6. The van der Waals surface area contributed by atoms with Crippen molar-refractivity contribution in [1.82, 2.24) is 47.5 Å². The summed E-state index contributed by atoms with van der Waals surface area (Å²) in [5.41, 5.74) is 19.1. The molecule has 16 N–H and O–H groups in total. The van der Waals surface area contributed by atoms with E-state index < -0.39 is 108 Å². The van der Waals surface area contributed by atoms with Gasteiger partial charge < -0.3 is 69.8 Å². The highest BCUT2D eigenvalue weighted by Gasteiger charge is 2.38. The molecule has 5 rings (SSSR count). The van der Waals surface area contributed by atoms with Crippen LogP contribution in [0.15, 0.2) is 77.9 Å². The number of guanidine groups is 1. The molecule has 0 spiro atoms. The number of primary amides is 1. The first kappa shape index (κ1) is 63.8. The number of H-pyrrole nitrogens is 1. The molecule has 9 amide bonds. The van der Waals surface area contributed by atoms with Crippen molar-refractivity contribution >= 4 is 86.8 Å². The summed E-state index contributed by atoms with van der Waals surface area (Å²) in [6, 6.07) is 13.0. The normalized spacial score (nSPS) is 19.8. The number of nitrogens with one attached hydrogen (secondary N) is 9. The van der Waals surface area contributed by atoms with Crippen molar-refractivity contribution in [3.8, 4) is 0 Å². The van der Waals surface area contributed by atoms with Gasteiger partial charge in [-0.1, -0.05) is 80.4 Å². The minimum Gasteiger partial charge on any atom is -0.475 e. The van der Waals surface area contributed by atoms with E-state index in [0.29, 0.717) is 24.0 Å². The number of nitrogens with zero attached hydrogens (tertiary/aromatic N) is 1. The molecule has 2 heterocycles. The first-order chi connectivity index (χ1) is 37.9. The van der Waals surface area contributed by atoms with Gasteiger partial charge in [0.05, 0.1) is 6.42 Å². The second-order valence-electron chi connectivity index (χ2n) is 19.0. The number of unbranched alkanes of at least 4 members (excludes halogenated alkanes) is 1. The second-order valence-corrected chi connectivity index (χ2v) is 19.0. The largest absolute Gasteiger partial charge is 0.490 e. The number of carboxylic acids is 1. The number of benzene rings is 3. The number of carbonyl (C=O) groups excluding carboxylic acids is 9. The Bertz CT molecular complexity index is 2860. The average Bonchev–Trinajstić information content (AvgIpc) is 3.86. The van der Waals surface area contributed by atoms with E-state index in [2.05, 4.69) is 52.5 Å². The Labute approximate surface area is 458 Å². The highest BCUT2D eigenvalue weighted by Crippen LogP contribution is 2.21. The van der Waals surface area contributed by atoms with Crippen LogP contribution in [0.2, 0.25) is 0 Å². The number of hydrogen-bond donors (Lipinski definition) is 13. The predicted octanol–water partition coefficient (Wildman–Crippen LogP) is 0.594. The molecular weight excluding hydrogens is 1050 g/mol. The third kappa shape index (κ3) is 21.6. The van der Waals surface area contributed by atoms with Gasteiger partial charge in [-0.25, -0.2) is 4.79 Å². The van der Waals surface area contributed by atoms with E-state index in [4.69, 9.17) is 27.1 Å². The van der Waals surface area contributed by atoms with Gasteiger partial charge in [-0.2, -0.15) is 13.2 Å². The van der Waals surface area contributed by atoms with Crippen molar-refractivity contribution in [1.29, 1.82) is 0 Å². The summed E-state index contributed by atoms with van der Waals surface area (Å²) < 4.78 is 31.7. The van der Waals surface area contributed by atoms with Crippen molar-refractivity contribution < 1.29 is 66.2 Å². The lowest BCUT2D eigenvalue weighted by Gasteiger charge is -2.26. The SMILES string of the molecule is CCCC[C@H](NC(C)=O)C(=O)N[C@H]1CC(=O)NCCCC[C@@H](C(N)=O)NC(=O)[C@H](Cc2c[nH]c3ccccc23)NC(=O)[C@H](CCCN=C(N)N)NC(=O)[C@@H](Cc2ccc3ccccc3c2)NC(=O)CCNC1=O.O=C(O)C(F)(F)F. The molecule has 27 heteroatoms. The number of carboxylic acid groups (broad SMARTS) is 1. The average molecular weight is 1120 g/mol. The van der Waals surface area contributed by atoms with Gasteiger partial charge in [-0.05, 0) is 66.5 Å². The van der Waals surface area contributed by atoms with Crippen LogP contribution in [0.25, 0.3) is 21.7 Å². The lowest BCUT2D eigenvalue weighted by molar-refractivity contribution is -0.192. The lowest BCUT2D eigenvalue weighted by atomic mass is 10.00. The van der Waals surface area contributed by atoms with Gasteiger partial charge in [0.1, 0.15) is 36.3 Å². The number of fused-ring (bicyclic) bond motifs is 2. The van der Waals surface area contributed by atoms with E-state index in [1.165, 1.54) is 6.92 Å². The minimum atomic E-state index is -5.08. The smallest absolute Gasteiger partial charge is 0.475 e. The molecule has 3 aromatic carbocycles. The van der Waals surface area contributed by atoms with E-state index >= 15 is 0 Å². The van der Waals surface area contributed by atoms with E-state index in [1.54, 1.807) is 6.20 Å². The van der Waals surface area contributed by atoms with Gasteiger partial charge >= 0.3 is 12.1 Å². The van der Waals surface area contributed by atoms with Crippen LogP contribution < -0.4 is 59.7 Å². The molecule has 1 fully saturated rings. The molecule has 1 aliphatic heterocycles. The molecule has 434 valence electrons. The molecule has 1 aromatic heterocycles. The number of aromatic nitrogens is 1. The highest BCUT2D eigenvalue weighted by molar-refractivity contribution is 5.97. The van der Waals surface area contributed by atoms with Gasteiger partial charge in [0.25, 0.3) is 0 Å². The number of aliphatic imine (C=N–C) groups is 1. The van der Waals surface area contributed by atoms with E-state index in [0.717, 1.165) is 28.1 Å². The first-order valence-corrected chi connectivity index (χ1v) is 25.9. The lowest BCUT2D eigenvalue weighted by Crippen LogP contribution is -2.59. The van der Waals surface area contributed by atoms with Gasteiger partial charge in [-0.3, -0.25) is 48.1 Å². The maximum atomic E-state index is 14.5. The van der Waals surface area contributed by atoms with Crippen LogP contribution in [0.1, 0.15) is 89.2 Å². The molecule has 80 heavy (non-hydrogen) atoms. The number of carbonyl (C=O) groups is 10. The standard InChI is InChI=1S/C51H69N13O9.C2HF3O2/c1-3-4-15-38(59-30(2)65)47(70)64-42-28-44(67)55-22-10-9-17-37(45(52)68)61-50(73)41(27-34-29-58-36-16-8-7-14-35(34)36)63-48(71)39(18-11-23-57-51(53)54)62-49(72)40(60-43(66)21-24-56-46(42)69)26-31-19-20-32-12-5-6-13-33(32)25-31;3-2(4,5)1(6)7/h5-8,12-14,16,19-20,25,29,37-42,58H,3-4,9-11,15,17-18,21-24,26-28H2,1-2H3,(H2,52,68)(H,55,67)(H,56,69)(H,59,65)(H,60,66)(H,61,73)(H,62,72)(H,63,71)(H,64,70)(H4,53,54,57);(H,6,7)/t37-,38-,39-,40+,41-,42-;/m0./s1. The molecule has 1 aliphatic rings. The molecule has 0 radical (unpaired) electrons. The summed E-state index contributed by atoms with van der Waals surface area (Å²) in [7, 11) is 0. The molecule has 1 saturated heterocycles. The Kier molecular flexibility index (Phi) is 25.2. The minimum absolute atomic E-state index is 0.0131. The number of amides is 9. The predicted molar refractivity (Wildman–Crippen MR) is 288 cm³/mol. The summed E-state index contributed by atoms with van der Waals surface area (Å²) in [5.74, 6) is -9.23. The Morgan fingerprint density at radius 2 is 1.41 bits per heavy atom. The third-order valence-corrected chi connectivity index (χ3v) is 12.6. The Morgan fingerprint density at radius 1 is 0.762 bits per heavy atom. The van der Waals surface area contributed by atoms with Crippen molar-refractivity contribution in [2.45, 2.75) is 133 Å². The fourth-order valence-electron chi connectivity index (χ4n) is 8.47. The summed E-state index contributed by atoms with van der Waals surface area (Å²) in [5, 5.41) is 31.3. The van der Waals surface area contributed by atoms with Crippen LogP contribution in [0.5, 0.6) is 0 Å². The number of nitrogens with two attached hydrogens (primary N) is 3. The van der Waals surface area contributed by atoms with E-state index in [1.807, 2.05) is 73.7 Å². The van der Waals surface area contributed by atoms with Crippen molar-refractivity contribution in [3.63, 3.8) is 0 Å². The van der Waals surface area contributed by atoms with Gasteiger partial charge in [-0.15, -0.1) is 0 Å². The van der Waals surface area contributed by atoms with Crippen LogP contribution in [-0.4, -0.2) is 137 Å². The maximum Gasteiger partial charge on any atom is 0.490 e. The summed E-state index contributed by atoms with van der Waals surface area (Å²) >= 11 is 0. The fraction of sp³-hybridized carbons (Fsp3) is 0.453. The number of hydrogen-bond acceptors (Lipinski definition) is 11. The number of halogens is 3. The van der Waals surface area contributed by atoms with Crippen molar-refractivity contribution in [2.24, 2.45) is 22.2 Å². The first-order valence-electron chi connectivity index (χ1n) is 25.9. The van der Waals surface area contributed by atoms with Crippen LogP contribution in [0.4, 0.5) is 13.2 Å². The molecule has 4 aromatic rings. The summed E-state index contributed by atoms with van der Waals surface area (Å²) in [6.07, 6.45) is -1.87. The number of aromatic amines is 1. The number of rotatable bonds is 15. The van der Waals surface area contributed by atoms with Gasteiger partial charge in [0.15, 0.2) is 5.96 Å². The maximum absolute atomic E-state index is 14.5. The Morgan fingerprint density at radius 3 is 2.09 bits per heavy atom. The molecule has 0 bridgehead atoms. The molecule has 0 unspecified atom stereocenters. The Hall–Kier alpha value is -8.78. The van der Waals surface area contributed by atoms with Crippen LogP contribution in [-0.2, 0) is 60.8 Å². The highest BCUT2D eigenvalue weighted by atomic mass is 19.4. The van der Waals surface area contributed by atoms with E-state index in [-0.39, 0.29) is 77.0 Å². The quantitative estimate of drug-likeness (QED) is 0.0441. The topological polar surface area (TPSA) is 393 Å². The van der Waals surface area contributed by atoms with Crippen molar-refractivity contribution in [2.75, 3.05) is 19.6 Å².